The standard InChI is InChI=1S/C18H24N3/c1-20(2)18-8-6-16(7-9-18)4-5-17-10-14-21(15-11-17)13-3-12-19/h4-11,14-15H,3,12-13,19H2,1-2H3/q+1. The van der Waals surface area contributed by atoms with Crippen molar-refractivity contribution in [2.75, 3.05) is 25.5 Å². The van der Waals surface area contributed by atoms with Gasteiger partial charge in [0.2, 0.25) is 0 Å². The van der Waals surface area contributed by atoms with Crippen LogP contribution in [-0.2, 0) is 6.54 Å². The van der Waals surface area contributed by atoms with Gasteiger partial charge >= 0.3 is 0 Å². The summed E-state index contributed by atoms with van der Waals surface area (Å²) in [5.74, 6) is 0. The predicted molar refractivity (Wildman–Crippen MR) is 90.0 cm³/mol. The summed E-state index contributed by atoms with van der Waals surface area (Å²) in [6.45, 7) is 1.71. The number of rotatable bonds is 6. The van der Waals surface area contributed by atoms with Crippen LogP contribution < -0.4 is 15.2 Å². The van der Waals surface area contributed by atoms with Gasteiger partial charge < -0.3 is 10.6 Å². The number of hydrogen-bond donors (Lipinski definition) is 1. The first-order valence-corrected chi connectivity index (χ1v) is 7.33. The zero-order chi connectivity index (χ0) is 15.1. The van der Waals surface area contributed by atoms with Crippen molar-refractivity contribution in [2.45, 2.75) is 13.0 Å². The minimum absolute atomic E-state index is 0.734. The highest BCUT2D eigenvalue weighted by Crippen LogP contribution is 2.14. The minimum Gasteiger partial charge on any atom is -0.378 e. The molecule has 0 aliphatic heterocycles. The summed E-state index contributed by atoms with van der Waals surface area (Å²) in [5, 5.41) is 0. The molecular weight excluding hydrogens is 258 g/mol. The van der Waals surface area contributed by atoms with Crippen LogP contribution in [0.4, 0.5) is 5.69 Å². The van der Waals surface area contributed by atoms with Crippen molar-refractivity contribution in [3.63, 3.8) is 0 Å². The first-order chi connectivity index (χ1) is 10.2. The van der Waals surface area contributed by atoms with E-state index in [2.05, 4.69) is 84.5 Å². The molecule has 3 heteroatoms. The molecule has 1 aromatic heterocycles. The van der Waals surface area contributed by atoms with Gasteiger partial charge in [-0.25, -0.2) is 4.57 Å². The van der Waals surface area contributed by atoms with Crippen LogP contribution in [-0.4, -0.2) is 20.6 Å². The van der Waals surface area contributed by atoms with Gasteiger partial charge in [0, 0.05) is 38.3 Å². The highest BCUT2D eigenvalue weighted by Gasteiger charge is 1.98. The fourth-order valence-electron chi connectivity index (χ4n) is 2.08. The molecule has 2 rings (SSSR count). The molecule has 0 saturated carbocycles. The summed E-state index contributed by atoms with van der Waals surface area (Å²) >= 11 is 0. The Morgan fingerprint density at radius 1 is 0.952 bits per heavy atom. The third-order valence-electron chi connectivity index (χ3n) is 3.42. The van der Waals surface area contributed by atoms with Crippen LogP contribution in [0.5, 0.6) is 0 Å². The van der Waals surface area contributed by atoms with E-state index in [1.165, 1.54) is 16.8 Å². The van der Waals surface area contributed by atoms with Gasteiger partial charge in [-0.05, 0) is 29.8 Å². The van der Waals surface area contributed by atoms with Crippen LogP contribution in [0.2, 0.25) is 0 Å². The van der Waals surface area contributed by atoms with Crippen molar-refractivity contribution in [1.29, 1.82) is 0 Å². The number of hydrogen-bond acceptors (Lipinski definition) is 2. The number of benzene rings is 1. The third-order valence-corrected chi connectivity index (χ3v) is 3.42. The number of nitrogens with two attached hydrogens (primary N) is 1. The molecular formula is C18H24N3+. The van der Waals surface area contributed by atoms with E-state index in [4.69, 9.17) is 5.73 Å². The number of anilines is 1. The Hall–Kier alpha value is -2.13. The summed E-state index contributed by atoms with van der Waals surface area (Å²) in [4.78, 5) is 2.10. The van der Waals surface area contributed by atoms with Crippen LogP contribution in [0.3, 0.4) is 0 Å². The van der Waals surface area contributed by atoms with E-state index in [1.807, 2.05) is 0 Å². The lowest BCUT2D eigenvalue weighted by molar-refractivity contribution is -0.697. The van der Waals surface area contributed by atoms with Crippen molar-refractivity contribution in [3.8, 4) is 0 Å². The highest BCUT2D eigenvalue weighted by molar-refractivity contribution is 5.70. The van der Waals surface area contributed by atoms with E-state index in [0.717, 1.165) is 19.5 Å². The van der Waals surface area contributed by atoms with Gasteiger partial charge in [0.1, 0.15) is 6.54 Å². The molecule has 0 radical (unpaired) electrons. The predicted octanol–water partition coefficient (Wildman–Crippen LogP) is 2.56. The minimum atomic E-state index is 0.734. The van der Waals surface area contributed by atoms with Crippen molar-refractivity contribution in [1.82, 2.24) is 0 Å². The van der Waals surface area contributed by atoms with Gasteiger partial charge in [-0.15, -0.1) is 0 Å². The molecule has 0 aliphatic carbocycles. The van der Waals surface area contributed by atoms with Crippen LogP contribution >= 0.6 is 0 Å². The lowest BCUT2D eigenvalue weighted by atomic mass is 10.1. The molecule has 0 aliphatic rings. The topological polar surface area (TPSA) is 33.1 Å². The Morgan fingerprint density at radius 2 is 1.52 bits per heavy atom. The second-order valence-electron chi connectivity index (χ2n) is 5.33. The number of aromatic nitrogens is 1. The molecule has 0 spiro atoms. The fraction of sp³-hybridized carbons (Fsp3) is 0.278. The van der Waals surface area contributed by atoms with E-state index in [-0.39, 0.29) is 0 Å². The molecule has 21 heavy (non-hydrogen) atoms. The molecule has 110 valence electrons. The number of pyridine rings is 1. The first-order valence-electron chi connectivity index (χ1n) is 7.33. The molecule has 1 heterocycles. The highest BCUT2D eigenvalue weighted by atomic mass is 15.1. The molecule has 3 nitrogen and oxygen atoms in total. The van der Waals surface area contributed by atoms with Gasteiger partial charge in [0.25, 0.3) is 0 Å². The Morgan fingerprint density at radius 3 is 2.05 bits per heavy atom. The van der Waals surface area contributed by atoms with Crippen LogP contribution in [0.15, 0.2) is 48.8 Å². The average Bonchev–Trinajstić information content (AvgIpc) is 2.52. The van der Waals surface area contributed by atoms with Crippen LogP contribution in [0.25, 0.3) is 12.2 Å². The summed E-state index contributed by atoms with van der Waals surface area (Å²) in [5.41, 5.74) is 9.15. The van der Waals surface area contributed by atoms with Crippen molar-refractivity contribution < 1.29 is 4.57 Å². The van der Waals surface area contributed by atoms with Gasteiger partial charge in [0.05, 0.1) is 0 Å². The van der Waals surface area contributed by atoms with Gasteiger partial charge in [0.15, 0.2) is 12.4 Å². The molecule has 1 aromatic carbocycles. The molecule has 0 fully saturated rings. The van der Waals surface area contributed by atoms with Crippen LogP contribution in [0, 0.1) is 0 Å². The Labute approximate surface area is 127 Å². The lowest BCUT2D eigenvalue weighted by Crippen LogP contribution is -2.33. The van der Waals surface area contributed by atoms with Crippen molar-refractivity contribution in [2.24, 2.45) is 5.73 Å². The van der Waals surface area contributed by atoms with Crippen LogP contribution in [0.1, 0.15) is 17.5 Å². The Balaban J connectivity index is 2.00. The van der Waals surface area contributed by atoms with Gasteiger partial charge in [-0.2, -0.15) is 0 Å². The van der Waals surface area contributed by atoms with Gasteiger partial charge in [-0.1, -0.05) is 24.3 Å². The fourth-order valence-corrected chi connectivity index (χ4v) is 2.08. The summed E-state index contributed by atoms with van der Waals surface area (Å²) in [7, 11) is 4.10. The first kappa shape index (κ1) is 15.3. The normalized spacial score (nSPS) is 11.0. The average molecular weight is 282 g/mol. The van der Waals surface area contributed by atoms with Crippen molar-refractivity contribution in [3.05, 3.63) is 59.9 Å². The van der Waals surface area contributed by atoms with Crippen molar-refractivity contribution >= 4 is 17.8 Å². The number of aryl methyl sites for hydroxylation is 1. The second kappa shape index (κ2) is 7.60. The van der Waals surface area contributed by atoms with E-state index >= 15 is 0 Å². The van der Waals surface area contributed by atoms with Gasteiger partial charge in [-0.3, -0.25) is 0 Å². The smallest absolute Gasteiger partial charge is 0.169 e. The molecule has 0 bridgehead atoms. The zero-order valence-electron chi connectivity index (χ0n) is 12.9. The van der Waals surface area contributed by atoms with E-state index < -0.39 is 0 Å². The maximum Gasteiger partial charge on any atom is 0.169 e. The molecule has 2 N–H and O–H groups in total. The third kappa shape index (κ3) is 4.72. The lowest BCUT2D eigenvalue weighted by Gasteiger charge is -2.11. The molecule has 0 atom stereocenters. The molecule has 0 saturated heterocycles. The maximum absolute atomic E-state index is 5.52. The molecule has 2 aromatic rings. The second-order valence-corrected chi connectivity index (χ2v) is 5.33. The Kier molecular flexibility index (Phi) is 5.52. The van der Waals surface area contributed by atoms with E-state index in [9.17, 15) is 0 Å². The zero-order valence-corrected chi connectivity index (χ0v) is 12.9. The summed E-state index contributed by atoms with van der Waals surface area (Å²) < 4.78 is 2.16. The molecule has 0 amide bonds. The van der Waals surface area contributed by atoms with E-state index in [0.29, 0.717) is 0 Å². The van der Waals surface area contributed by atoms with E-state index in [1.54, 1.807) is 0 Å². The quantitative estimate of drug-likeness (QED) is 0.826. The maximum atomic E-state index is 5.52. The Bertz CT molecular complexity index is 568. The largest absolute Gasteiger partial charge is 0.378 e. The monoisotopic (exact) mass is 282 g/mol. The summed E-state index contributed by atoms with van der Waals surface area (Å²) in [6.07, 6.45) is 9.49. The SMILES string of the molecule is CN(C)c1ccc(/C=C/c2cc[n+](CCCN)cc2)cc1. The summed E-state index contributed by atoms with van der Waals surface area (Å²) in [6, 6.07) is 12.8. The number of nitrogens with zero attached hydrogens (tertiary/aromatic N) is 2. The molecule has 0 unspecified atom stereocenters.